The third kappa shape index (κ3) is 2.91. The van der Waals surface area contributed by atoms with Crippen LogP contribution in [0.5, 0.6) is 0 Å². The largest absolute Gasteiger partial charge is 0.396 e. The summed E-state index contributed by atoms with van der Waals surface area (Å²) in [5.41, 5.74) is 8.77. The van der Waals surface area contributed by atoms with Gasteiger partial charge in [0.05, 0.1) is 5.69 Å². The van der Waals surface area contributed by atoms with E-state index in [0.717, 1.165) is 49.1 Å². The van der Waals surface area contributed by atoms with Gasteiger partial charge in [-0.2, -0.15) is 0 Å². The molecule has 1 fully saturated rings. The molecular formula is C16H19FN4. The maximum Gasteiger partial charge on any atom is 0.152 e. The van der Waals surface area contributed by atoms with Gasteiger partial charge in [-0.15, -0.1) is 0 Å². The van der Waals surface area contributed by atoms with Crippen LogP contribution < -0.4 is 15.5 Å². The van der Waals surface area contributed by atoms with E-state index >= 15 is 0 Å². The van der Waals surface area contributed by atoms with E-state index in [4.69, 9.17) is 5.73 Å². The van der Waals surface area contributed by atoms with Gasteiger partial charge in [-0.3, -0.25) is 0 Å². The van der Waals surface area contributed by atoms with Crippen molar-refractivity contribution in [3.63, 3.8) is 0 Å². The Morgan fingerprint density at radius 3 is 2.24 bits per heavy atom. The molecule has 1 saturated heterocycles. The van der Waals surface area contributed by atoms with Gasteiger partial charge in [0.1, 0.15) is 5.82 Å². The van der Waals surface area contributed by atoms with E-state index in [9.17, 15) is 4.39 Å². The van der Waals surface area contributed by atoms with Gasteiger partial charge >= 0.3 is 0 Å². The normalized spacial score (nSPS) is 15.3. The highest BCUT2D eigenvalue weighted by molar-refractivity contribution is 5.63. The molecule has 0 spiro atoms. The van der Waals surface area contributed by atoms with E-state index in [1.54, 1.807) is 0 Å². The maximum absolute atomic E-state index is 13.0. The third-order valence-electron chi connectivity index (χ3n) is 3.82. The van der Waals surface area contributed by atoms with Crippen molar-refractivity contribution in [1.82, 2.24) is 4.98 Å². The van der Waals surface area contributed by atoms with Gasteiger partial charge in [0.15, 0.2) is 5.82 Å². The average molecular weight is 286 g/mol. The zero-order valence-electron chi connectivity index (χ0n) is 12.1. The fourth-order valence-electron chi connectivity index (χ4n) is 2.64. The Labute approximate surface area is 124 Å². The highest BCUT2D eigenvalue weighted by Gasteiger charge is 2.20. The number of nitrogens with two attached hydrogens (primary N) is 1. The van der Waals surface area contributed by atoms with Crippen LogP contribution in [0.25, 0.3) is 0 Å². The first-order valence-corrected chi connectivity index (χ1v) is 7.12. The van der Waals surface area contributed by atoms with Crippen molar-refractivity contribution in [3.8, 4) is 0 Å². The summed E-state index contributed by atoms with van der Waals surface area (Å²) in [7, 11) is 0. The average Bonchev–Trinajstić information content (AvgIpc) is 2.51. The number of hydrogen-bond donors (Lipinski definition) is 1. The molecule has 0 aliphatic carbocycles. The van der Waals surface area contributed by atoms with E-state index in [2.05, 4.69) is 14.8 Å². The number of aryl methyl sites for hydroxylation is 1. The summed E-state index contributed by atoms with van der Waals surface area (Å²) in [5.74, 6) is 0.669. The summed E-state index contributed by atoms with van der Waals surface area (Å²) in [5, 5.41) is 0. The molecule has 0 bridgehead atoms. The second-order valence-corrected chi connectivity index (χ2v) is 5.32. The molecule has 2 N–H and O–H groups in total. The Bertz CT molecular complexity index is 619. The molecule has 2 heterocycles. The second kappa shape index (κ2) is 5.60. The lowest BCUT2D eigenvalue weighted by Crippen LogP contribution is -2.47. The van der Waals surface area contributed by atoms with Crippen molar-refractivity contribution >= 4 is 17.2 Å². The number of nitrogens with zero attached hydrogens (tertiary/aromatic N) is 3. The predicted molar refractivity (Wildman–Crippen MR) is 84.2 cm³/mol. The van der Waals surface area contributed by atoms with Crippen molar-refractivity contribution in [2.45, 2.75) is 6.92 Å². The highest BCUT2D eigenvalue weighted by atomic mass is 19.1. The van der Waals surface area contributed by atoms with Gasteiger partial charge in [-0.25, -0.2) is 9.37 Å². The van der Waals surface area contributed by atoms with E-state index < -0.39 is 0 Å². The second-order valence-electron chi connectivity index (χ2n) is 5.32. The molecule has 0 amide bonds. The summed E-state index contributed by atoms with van der Waals surface area (Å²) >= 11 is 0. The topological polar surface area (TPSA) is 45.4 Å². The summed E-state index contributed by atoms with van der Waals surface area (Å²) in [6.07, 6.45) is 0. The lowest BCUT2D eigenvalue weighted by atomic mass is 10.2. The van der Waals surface area contributed by atoms with Crippen molar-refractivity contribution < 1.29 is 4.39 Å². The van der Waals surface area contributed by atoms with Gasteiger partial charge in [0.25, 0.3) is 0 Å². The zero-order chi connectivity index (χ0) is 14.8. The van der Waals surface area contributed by atoms with Crippen molar-refractivity contribution in [2.75, 3.05) is 41.7 Å². The third-order valence-corrected chi connectivity index (χ3v) is 3.82. The molecule has 2 aromatic rings. The van der Waals surface area contributed by atoms with Crippen LogP contribution in [0.15, 0.2) is 36.4 Å². The number of halogens is 1. The fraction of sp³-hybridized carbons (Fsp3) is 0.312. The Balaban J connectivity index is 1.70. The minimum Gasteiger partial charge on any atom is -0.396 e. The van der Waals surface area contributed by atoms with Crippen LogP contribution in [-0.2, 0) is 0 Å². The standard InChI is InChI=1S/C16H19FN4/c1-12-2-7-15(18)16(19-12)21-10-8-20(9-11-21)14-5-3-13(17)4-6-14/h2-7H,8-11,18H2,1H3. The first-order chi connectivity index (χ1) is 10.1. The number of hydrogen-bond acceptors (Lipinski definition) is 4. The minimum atomic E-state index is -0.200. The number of anilines is 3. The SMILES string of the molecule is Cc1ccc(N)c(N2CCN(c3ccc(F)cc3)CC2)n1. The van der Waals surface area contributed by atoms with Crippen LogP contribution in [-0.4, -0.2) is 31.2 Å². The number of benzene rings is 1. The van der Waals surface area contributed by atoms with Gasteiger partial charge in [-0.05, 0) is 43.3 Å². The van der Waals surface area contributed by atoms with Gasteiger partial charge in [0.2, 0.25) is 0 Å². The van der Waals surface area contributed by atoms with Gasteiger partial charge in [0, 0.05) is 37.6 Å². The maximum atomic E-state index is 13.0. The molecule has 0 saturated carbocycles. The minimum absolute atomic E-state index is 0.200. The molecule has 4 nitrogen and oxygen atoms in total. The molecule has 1 aliphatic heterocycles. The summed E-state index contributed by atoms with van der Waals surface area (Å²) in [6, 6.07) is 10.5. The molecular weight excluding hydrogens is 267 g/mol. The van der Waals surface area contributed by atoms with Crippen LogP contribution in [0.4, 0.5) is 21.6 Å². The van der Waals surface area contributed by atoms with E-state index in [1.165, 1.54) is 12.1 Å². The van der Waals surface area contributed by atoms with E-state index in [1.807, 2.05) is 31.2 Å². The first-order valence-electron chi connectivity index (χ1n) is 7.12. The number of piperazine rings is 1. The molecule has 1 aromatic carbocycles. The smallest absolute Gasteiger partial charge is 0.152 e. The van der Waals surface area contributed by atoms with Crippen molar-refractivity contribution in [3.05, 3.63) is 47.9 Å². The molecule has 0 atom stereocenters. The van der Waals surface area contributed by atoms with Crippen LogP contribution in [0, 0.1) is 12.7 Å². The zero-order valence-corrected chi connectivity index (χ0v) is 12.1. The molecule has 21 heavy (non-hydrogen) atoms. The molecule has 0 unspecified atom stereocenters. The molecule has 1 aliphatic rings. The fourth-order valence-corrected chi connectivity index (χ4v) is 2.64. The van der Waals surface area contributed by atoms with Gasteiger partial charge < -0.3 is 15.5 Å². The molecule has 0 radical (unpaired) electrons. The monoisotopic (exact) mass is 286 g/mol. The molecule has 3 rings (SSSR count). The van der Waals surface area contributed by atoms with Crippen LogP contribution in [0.1, 0.15) is 5.69 Å². The predicted octanol–water partition coefficient (Wildman–Crippen LogP) is 2.44. The summed E-state index contributed by atoms with van der Waals surface area (Å²) < 4.78 is 13.0. The lowest BCUT2D eigenvalue weighted by Gasteiger charge is -2.37. The molecule has 1 aromatic heterocycles. The Kier molecular flexibility index (Phi) is 3.64. The summed E-state index contributed by atoms with van der Waals surface area (Å²) in [4.78, 5) is 9.00. The number of pyridine rings is 1. The van der Waals surface area contributed by atoms with Gasteiger partial charge in [-0.1, -0.05) is 0 Å². The quantitative estimate of drug-likeness (QED) is 0.921. The van der Waals surface area contributed by atoms with Crippen molar-refractivity contribution in [2.24, 2.45) is 0 Å². The number of aromatic nitrogens is 1. The Morgan fingerprint density at radius 2 is 1.57 bits per heavy atom. The van der Waals surface area contributed by atoms with Crippen LogP contribution in [0.3, 0.4) is 0 Å². The Hall–Kier alpha value is -2.30. The lowest BCUT2D eigenvalue weighted by molar-refractivity contribution is 0.624. The summed E-state index contributed by atoms with van der Waals surface area (Å²) in [6.45, 7) is 5.44. The molecule has 110 valence electrons. The Morgan fingerprint density at radius 1 is 0.952 bits per heavy atom. The van der Waals surface area contributed by atoms with E-state index in [-0.39, 0.29) is 5.82 Å². The van der Waals surface area contributed by atoms with E-state index in [0.29, 0.717) is 0 Å². The molecule has 5 heteroatoms. The van der Waals surface area contributed by atoms with Crippen LogP contribution >= 0.6 is 0 Å². The van der Waals surface area contributed by atoms with Crippen LogP contribution in [0.2, 0.25) is 0 Å². The van der Waals surface area contributed by atoms with Crippen molar-refractivity contribution in [1.29, 1.82) is 0 Å². The number of nitrogen functional groups attached to an aromatic ring is 1. The first kappa shape index (κ1) is 13.7. The highest BCUT2D eigenvalue weighted by Crippen LogP contribution is 2.24. The number of rotatable bonds is 2.